The summed E-state index contributed by atoms with van der Waals surface area (Å²) >= 11 is 0. The van der Waals surface area contributed by atoms with Crippen LogP contribution in [0.25, 0.3) is 5.65 Å². The van der Waals surface area contributed by atoms with Gasteiger partial charge in [0.05, 0.1) is 12.6 Å². The third-order valence-corrected chi connectivity index (χ3v) is 1.99. The summed E-state index contributed by atoms with van der Waals surface area (Å²) in [4.78, 5) is 4.10. The van der Waals surface area contributed by atoms with Crippen molar-refractivity contribution in [3.05, 3.63) is 23.9 Å². The molecule has 1 unspecified atom stereocenters. The predicted molar refractivity (Wildman–Crippen MR) is 49.5 cm³/mol. The maximum atomic E-state index is 8.89. The maximum Gasteiger partial charge on any atom is 0.163 e. The van der Waals surface area contributed by atoms with E-state index in [0.29, 0.717) is 11.5 Å². The number of aryl methyl sites for hydroxylation is 1. The van der Waals surface area contributed by atoms with E-state index in [0.717, 1.165) is 5.69 Å². The molecular formula is C8H11N5O. The summed E-state index contributed by atoms with van der Waals surface area (Å²) in [6.07, 6.45) is 1.61. The lowest BCUT2D eigenvalue weighted by Gasteiger charge is -2.04. The van der Waals surface area contributed by atoms with Gasteiger partial charge in [-0.2, -0.15) is 0 Å². The minimum absolute atomic E-state index is 0.158. The Balaban J connectivity index is 2.58. The Bertz CT molecular complexity index is 452. The zero-order chi connectivity index (χ0) is 10.1. The summed E-state index contributed by atoms with van der Waals surface area (Å²) in [6, 6.07) is 1.29. The highest BCUT2D eigenvalue weighted by Gasteiger charge is 2.12. The molecule has 0 fully saturated rings. The number of hydrogen-bond donors (Lipinski definition) is 2. The van der Waals surface area contributed by atoms with Crippen LogP contribution in [0, 0.1) is 6.92 Å². The van der Waals surface area contributed by atoms with E-state index in [9.17, 15) is 0 Å². The molecule has 0 saturated heterocycles. The van der Waals surface area contributed by atoms with Crippen molar-refractivity contribution in [3.63, 3.8) is 0 Å². The third-order valence-electron chi connectivity index (χ3n) is 1.99. The highest BCUT2D eigenvalue weighted by Crippen LogP contribution is 2.09. The van der Waals surface area contributed by atoms with Gasteiger partial charge in [-0.15, -0.1) is 10.2 Å². The van der Waals surface area contributed by atoms with Gasteiger partial charge in [0, 0.05) is 11.8 Å². The molecule has 1 atom stereocenters. The van der Waals surface area contributed by atoms with E-state index >= 15 is 0 Å². The normalized spacial score (nSPS) is 13.4. The van der Waals surface area contributed by atoms with Crippen molar-refractivity contribution in [2.75, 3.05) is 6.61 Å². The molecule has 2 aromatic heterocycles. The van der Waals surface area contributed by atoms with Crippen LogP contribution >= 0.6 is 0 Å². The fourth-order valence-corrected chi connectivity index (χ4v) is 1.24. The number of rotatable bonds is 2. The second-order valence-corrected chi connectivity index (χ2v) is 3.11. The van der Waals surface area contributed by atoms with Gasteiger partial charge in [0.25, 0.3) is 0 Å². The van der Waals surface area contributed by atoms with Crippen LogP contribution in [0.2, 0.25) is 0 Å². The first-order valence-electron chi connectivity index (χ1n) is 4.26. The van der Waals surface area contributed by atoms with Crippen LogP contribution < -0.4 is 5.73 Å². The molecule has 74 valence electrons. The largest absolute Gasteiger partial charge is 0.394 e. The fourth-order valence-electron chi connectivity index (χ4n) is 1.24. The van der Waals surface area contributed by atoms with Gasteiger partial charge in [-0.1, -0.05) is 0 Å². The van der Waals surface area contributed by atoms with Gasteiger partial charge >= 0.3 is 0 Å². The maximum absolute atomic E-state index is 8.89. The second kappa shape index (κ2) is 3.32. The Morgan fingerprint density at radius 2 is 2.36 bits per heavy atom. The molecule has 2 rings (SSSR count). The van der Waals surface area contributed by atoms with Crippen LogP contribution in [-0.2, 0) is 0 Å². The lowest BCUT2D eigenvalue weighted by Crippen LogP contribution is -2.17. The summed E-state index contributed by atoms with van der Waals surface area (Å²) < 4.78 is 1.67. The van der Waals surface area contributed by atoms with Crippen LogP contribution in [0.15, 0.2) is 12.4 Å². The molecule has 0 amide bonds. The molecule has 0 aromatic carbocycles. The second-order valence-electron chi connectivity index (χ2n) is 3.11. The molecule has 2 aromatic rings. The lowest BCUT2D eigenvalue weighted by atomic mass is 10.3. The summed E-state index contributed by atoms with van der Waals surface area (Å²) in [5.41, 5.74) is 7.20. The van der Waals surface area contributed by atoms with Gasteiger partial charge in [-0.3, -0.25) is 4.40 Å². The van der Waals surface area contributed by atoms with Crippen LogP contribution in [0.4, 0.5) is 0 Å². The summed E-state index contributed by atoms with van der Waals surface area (Å²) in [5, 5.41) is 16.7. The van der Waals surface area contributed by atoms with Crippen LogP contribution in [0.1, 0.15) is 17.6 Å². The van der Waals surface area contributed by atoms with Crippen molar-refractivity contribution in [1.29, 1.82) is 0 Å². The molecule has 3 N–H and O–H groups in total. The SMILES string of the molecule is Cc1cc2nnc(C(N)CO)n2cn1. The van der Waals surface area contributed by atoms with E-state index in [1.54, 1.807) is 16.8 Å². The highest BCUT2D eigenvalue weighted by atomic mass is 16.3. The van der Waals surface area contributed by atoms with Crippen LogP contribution in [-0.4, -0.2) is 31.3 Å². The van der Waals surface area contributed by atoms with E-state index in [1.165, 1.54) is 0 Å². The first-order valence-corrected chi connectivity index (χ1v) is 4.26. The van der Waals surface area contributed by atoms with E-state index in [2.05, 4.69) is 15.2 Å². The van der Waals surface area contributed by atoms with Gasteiger partial charge < -0.3 is 10.8 Å². The molecule has 14 heavy (non-hydrogen) atoms. The average Bonchev–Trinajstić information content (AvgIpc) is 2.59. The van der Waals surface area contributed by atoms with Gasteiger partial charge in [-0.05, 0) is 6.92 Å². The summed E-state index contributed by atoms with van der Waals surface area (Å²) in [7, 11) is 0. The Morgan fingerprint density at radius 3 is 3.07 bits per heavy atom. The van der Waals surface area contributed by atoms with E-state index in [4.69, 9.17) is 10.8 Å². The van der Waals surface area contributed by atoms with Crippen molar-refractivity contribution >= 4 is 5.65 Å². The standard InChI is InChI=1S/C8H11N5O/c1-5-2-7-11-12-8(6(9)3-14)13(7)4-10-5/h2,4,6,14H,3,9H2,1H3. The highest BCUT2D eigenvalue weighted by molar-refractivity contribution is 5.38. The topological polar surface area (TPSA) is 89.3 Å². The Hall–Kier alpha value is -1.53. The molecule has 6 heteroatoms. The fraction of sp³-hybridized carbons (Fsp3) is 0.375. The predicted octanol–water partition coefficient (Wildman–Crippen LogP) is -0.575. The molecule has 0 aliphatic rings. The first-order chi connectivity index (χ1) is 6.72. The molecule has 0 aliphatic carbocycles. The zero-order valence-corrected chi connectivity index (χ0v) is 7.75. The number of fused-ring (bicyclic) bond motifs is 1. The van der Waals surface area contributed by atoms with E-state index in [-0.39, 0.29) is 6.61 Å². The van der Waals surface area contributed by atoms with Gasteiger partial charge in [0.1, 0.15) is 6.33 Å². The van der Waals surface area contributed by atoms with Gasteiger partial charge in [0.15, 0.2) is 11.5 Å². The minimum atomic E-state index is -0.519. The third kappa shape index (κ3) is 1.34. The monoisotopic (exact) mass is 193 g/mol. The van der Waals surface area contributed by atoms with Crippen LogP contribution in [0.5, 0.6) is 0 Å². The van der Waals surface area contributed by atoms with Crippen molar-refractivity contribution in [2.45, 2.75) is 13.0 Å². The van der Waals surface area contributed by atoms with Crippen molar-refractivity contribution in [1.82, 2.24) is 19.6 Å². The average molecular weight is 193 g/mol. The molecule has 6 nitrogen and oxygen atoms in total. The zero-order valence-electron chi connectivity index (χ0n) is 7.75. The Kier molecular flexibility index (Phi) is 2.14. The number of aliphatic hydroxyl groups is 1. The number of nitrogens with zero attached hydrogens (tertiary/aromatic N) is 4. The van der Waals surface area contributed by atoms with Gasteiger partial charge in [0.2, 0.25) is 0 Å². The number of hydrogen-bond acceptors (Lipinski definition) is 5. The van der Waals surface area contributed by atoms with E-state index < -0.39 is 6.04 Å². The van der Waals surface area contributed by atoms with E-state index in [1.807, 2.05) is 6.92 Å². The van der Waals surface area contributed by atoms with Crippen molar-refractivity contribution in [3.8, 4) is 0 Å². The van der Waals surface area contributed by atoms with Crippen LogP contribution in [0.3, 0.4) is 0 Å². The number of aliphatic hydroxyl groups excluding tert-OH is 1. The quantitative estimate of drug-likeness (QED) is 0.666. The Labute approximate surface area is 80.4 Å². The molecule has 0 spiro atoms. The lowest BCUT2D eigenvalue weighted by molar-refractivity contribution is 0.262. The number of nitrogens with two attached hydrogens (primary N) is 1. The Morgan fingerprint density at radius 1 is 1.57 bits per heavy atom. The van der Waals surface area contributed by atoms with Gasteiger partial charge in [-0.25, -0.2) is 4.98 Å². The van der Waals surface area contributed by atoms with Crippen molar-refractivity contribution in [2.24, 2.45) is 5.73 Å². The molecule has 0 saturated carbocycles. The summed E-state index contributed by atoms with van der Waals surface area (Å²) in [5.74, 6) is 0.523. The minimum Gasteiger partial charge on any atom is -0.394 e. The molecular weight excluding hydrogens is 182 g/mol. The molecule has 0 bridgehead atoms. The van der Waals surface area contributed by atoms with Crippen molar-refractivity contribution < 1.29 is 5.11 Å². The summed E-state index contributed by atoms with van der Waals surface area (Å²) in [6.45, 7) is 1.72. The first kappa shape index (κ1) is 9.04. The molecule has 2 heterocycles. The smallest absolute Gasteiger partial charge is 0.163 e. The molecule has 0 aliphatic heterocycles. The molecule has 0 radical (unpaired) electrons. The number of aromatic nitrogens is 4.